The second kappa shape index (κ2) is 3.49. The van der Waals surface area contributed by atoms with E-state index in [1.165, 1.54) is 18.6 Å². The van der Waals surface area contributed by atoms with Crippen molar-refractivity contribution < 1.29 is 0 Å². The molecule has 1 aliphatic carbocycles. The lowest BCUT2D eigenvalue weighted by molar-refractivity contribution is 0.499. The fourth-order valence-corrected chi connectivity index (χ4v) is 1.45. The fraction of sp³-hybridized carbons (Fsp3) is 0.750. The molecule has 0 amide bonds. The van der Waals surface area contributed by atoms with Gasteiger partial charge < -0.3 is 0 Å². The zero-order valence-corrected chi connectivity index (χ0v) is 6.51. The van der Waals surface area contributed by atoms with Crippen LogP contribution in [0.1, 0.15) is 32.6 Å². The standard InChI is InChI=1S/C8H14N2/c1-7-4-3-5-8(6-7)10-9-2/h7H,2-6H2,1H3/t7-/m1/s1. The van der Waals surface area contributed by atoms with Crippen LogP contribution < -0.4 is 0 Å². The molecule has 0 unspecified atom stereocenters. The van der Waals surface area contributed by atoms with Crippen LogP contribution >= 0.6 is 0 Å². The van der Waals surface area contributed by atoms with Gasteiger partial charge in [0.2, 0.25) is 0 Å². The highest BCUT2D eigenvalue weighted by Crippen LogP contribution is 2.21. The highest BCUT2D eigenvalue weighted by Gasteiger charge is 2.13. The lowest BCUT2D eigenvalue weighted by Crippen LogP contribution is -2.11. The van der Waals surface area contributed by atoms with Gasteiger partial charge in [0.05, 0.1) is 0 Å². The maximum atomic E-state index is 3.96. The van der Waals surface area contributed by atoms with Gasteiger partial charge in [-0.3, -0.25) is 0 Å². The van der Waals surface area contributed by atoms with Crippen LogP contribution in [0.2, 0.25) is 0 Å². The predicted octanol–water partition coefficient (Wildman–Crippen LogP) is 2.25. The van der Waals surface area contributed by atoms with Gasteiger partial charge in [-0.1, -0.05) is 6.92 Å². The minimum Gasteiger partial charge on any atom is -0.167 e. The Kier molecular flexibility index (Phi) is 2.60. The normalized spacial score (nSPS) is 30.5. The first-order chi connectivity index (χ1) is 4.83. The molecule has 2 heteroatoms. The quantitative estimate of drug-likeness (QED) is 0.392. The third-order valence-electron chi connectivity index (χ3n) is 1.96. The Labute approximate surface area is 62.0 Å². The first-order valence-electron chi connectivity index (χ1n) is 3.84. The molecule has 1 atom stereocenters. The summed E-state index contributed by atoms with van der Waals surface area (Å²) in [4.78, 5) is 0. The van der Waals surface area contributed by atoms with E-state index in [-0.39, 0.29) is 0 Å². The molecule has 0 aromatic rings. The average Bonchev–Trinajstić information content (AvgIpc) is 1.88. The summed E-state index contributed by atoms with van der Waals surface area (Å²) in [6.07, 6.45) is 4.87. The van der Waals surface area contributed by atoms with Crippen LogP contribution in [0.5, 0.6) is 0 Å². The summed E-state index contributed by atoms with van der Waals surface area (Å²) in [5.41, 5.74) is 1.23. The van der Waals surface area contributed by atoms with Crippen LogP contribution in [0.4, 0.5) is 0 Å². The third kappa shape index (κ3) is 1.94. The molecule has 1 saturated carbocycles. The molecule has 0 saturated heterocycles. The lowest BCUT2D eigenvalue weighted by atomic mass is 9.89. The third-order valence-corrected chi connectivity index (χ3v) is 1.96. The number of hydrogen-bond acceptors (Lipinski definition) is 2. The number of hydrogen-bond donors (Lipinski definition) is 0. The van der Waals surface area contributed by atoms with Gasteiger partial charge in [0.25, 0.3) is 0 Å². The Balaban J connectivity index is 2.46. The largest absolute Gasteiger partial charge is 0.167 e. The number of nitrogens with zero attached hydrogens (tertiary/aromatic N) is 2. The zero-order chi connectivity index (χ0) is 7.40. The van der Waals surface area contributed by atoms with Crippen LogP contribution in [0.3, 0.4) is 0 Å². The van der Waals surface area contributed by atoms with Crippen molar-refractivity contribution >= 4 is 12.4 Å². The van der Waals surface area contributed by atoms with E-state index in [9.17, 15) is 0 Å². The van der Waals surface area contributed by atoms with Crippen LogP contribution in [0, 0.1) is 5.92 Å². The van der Waals surface area contributed by atoms with Gasteiger partial charge in [0.15, 0.2) is 0 Å². The van der Waals surface area contributed by atoms with E-state index in [1.54, 1.807) is 0 Å². The Morgan fingerprint density at radius 1 is 1.60 bits per heavy atom. The van der Waals surface area contributed by atoms with E-state index in [1.807, 2.05) is 0 Å². The summed E-state index contributed by atoms with van der Waals surface area (Å²) in [5.74, 6) is 0.800. The minimum absolute atomic E-state index is 0.800. The fourth-order valence-electron chi connectivity index (χ4n) is 1.45. The summed E-state index contributed by atoms with van der Waals surface area (Å²) in [5, 5.41) is 7.50. The van der Waals surface area contributed by atoms with Crippen molar-refractivity contribution in [1.82, 2.24) is 0 Å². The molecule has 1 rings (SSSR count). The van der Waals surface area contributed by atoms with Gasteiger partial charge in [0.1, 0.15) is 0 Å². The zero-order valence-electron chi connectivity index (χ0n) is 6.51. The second-order valence-corrected chi connectivity index (χ2v) is 3.01. The van der Waals surface area contributed by atoms with Crippen molar-refractivity contribution in [1.29, 1.82) is 0 Å². The molecule has 0 spiro atoms. The SMILES string of the molecule is C=NN=C1CCC[C@@H](C)C1. The Morgan fingerprint density at radius 3 is 3.00 bits per heavy atom. The molecular weight excluding hydrogens is 124 g/mol. The van der Waals surface area contributed by atoms with E-state index in [2.05, 4.69) is 23.8 Å². The Hall–Kier alpha value is -0.660. The molecular formula is C8H14N2. The van der Waals surface area contributed by atoms with E-state index >= 15 is 0 Å². The first kappa shape index (κ1) is 7.45. The molecule has 0 aliphatic heterocycles. The molecule has 0 N–H and O–H groups in total. The van der Waals surface area contributed by atoms with Gasteiger partial charge >= 0.3 is 0 Å². The molecule has 0 heterocycles. The summed E-state index contributed by atoms with van der Waals surface area (Å²) >= 11 is 0. The van der Waals surface area contributed by atoms with Gasteiger partial charge in [-0.05, 0) is 31.6 Å². The molecule has 0 aromatic carbocycles. The molecule has 0 bridgehead atoms. The van der Waals surface area contributed by atoms with E-state index < -0.39 is 0 Å². The molecule has 2 nitrogen and oxygen atoms in total. The lowest BCUT2D eigenvalue weighted by Gasteiger charge is -2.17. The summed E-state index contributed by atoms with van der Waals surface area (Å²) in [6.45, 7) is 5.60. The van der Waals surface area contributed by atoms with Crippen molar-refractivity contribution in [2.24, 2.45) is 16.1 Å². The molecule has 0 aromatic heterocycles. The monoisotopic (exact) mass is 138 g/mol. The van der Waals surface area contributed by atoms with Crippen molar-refractivity contribution in [3.05, 3.63) is 0 Å². The maximum Gasteiger partial charge on any atom is 0.0408 e. The minimum atomic E-state index is 0.800. The molecule has 1 aliphatic rings. The average molecular weight is 138 g/mol. The van der Waals surface area contributed by atoms with Gasteiger partial charge in [-0.15, -0.1) is 0 Å². The highest BCUT2D eigenvalue weighted by atomic mass is 15.2. The van der Waals surface area contributed by atoms with Gasteiger partial charge in [0, 0.05) is 12.4 Å². The maximum absolute atomic E-state index is 3.96. The van der Waals surface area contributed by atoms with E-state index in [0.29, 0.717) is 0 Å². The Bertz CT molecular complexity index is 149. The second-order valence-electron chi connectivity index (χ2n) is 3.01. The van der Waals surface area contributed by atoms with Crippen molar-refractivity contribution in [2.45, 2.75) is 32.6 Å². The van der Waals surface area contributed by atoms with E-state index in [4.69, 9.17) is 0 Å². The Morgan fingerprint density at radius 2 is 2.40 bits per heavy atom. The molecule has 10 heavy (non-hydrogen) atoms. The predicted molar refractivity (Wildman–Crippen MR) is 44.6 cm³/mol. The van der Waals surface area contributed by atoms with Crippen molar-refractivity contribution in [2.75, 3.05) is 0 Å². The van der Waals surface area contributed by atoms with Gasteiger partial charge in [-0.25, -0.2) is 0 Å². The first-order valence-corrected chi connectivity index (χ1v) is 3.84. The van der Waals surface area contributed by atoms with Crippen LogP contribution in [0.15, 0.2) is 10.2 Å². The van der Waals surface area contributed by atoms with E-state index in [0.717, 1.165) is 18.8 Å². The summed E-state index contributed by atoms with van der Waals surface area (Å²) in [6, 6.07) is 0. The van der Waals surface area contributed by atoms with Crippen molar-refractivity contribution in [3.63, 3.8) is 0 Å². The smallest absolute Gasteiger partial charge is 0.0408 e. The molecule has 56 valence electrons. The summed E-state index contributed by atoms with van der Waals surface area (Å²) < 4.78 is 0. The van der Waals surface area contributed by atoms with Crippen LogP contribution in [0.25, 0.3) is 0 Å². The summed E-state index contributed by atoms with van der Waals surface area (Å²) in [7, 11) is 0. The van der Waals surface area contributed by atoms with Gasteiger partial charge in [-0.2, -0.15) is 10.2 Å². The molecule has 1 fully saturated rings. The highest BCUT2D eigenvalue weighted by molar-refractivity contribution is 5.85. The van der Waals surface area contributed by atoms with Crippen LogP contribution in [-0.2, 0) is 0 Å². The van der Waals surface area contributed by atoms with Crippen molar-refractivity contribution in [3.8, 4) is 0 Å². The van der Waals surface area contributed by atoms with Crippen LogP contribution in [-0.4, -0.2) is 12.4 Å². The molecule has 0 radical (unpaired) electrons. The number of rotatable bonds is 1. The topological polar surface area (TPSA) is 24.7 Å².